The van der Waals surface area contributed by atoms with Crippen molar-refractivity contribution in [3.05, 3.63) is 30.5 Å². The van der Waals surface area contributed by atoms with Gasteiger partial charge in [0.2, 0.25) is 11.9 Å². The molecule has 0 bridgehead atoms. The van der Waals surface area contributed by atoms with Gasteiger partial charge in [-0.1, -0.05) is 0 Å². The molecule has 0 unspecified atom stereocenters. The van der Waals surface area contributed by atoms with E-state index in [1.165, 1.54) is 25.9 Å². The number of anilines is 3. The second-order valence-electron chi connectivity index (χ2n) is 8.97. The van der Waals surface area contributed by atoms with E-state index in [4.69, 9.17) is 9.47 Å². The van der Waals surface area contributed by atoms with E-state index in [9.17, 15) is 4.79 Å². The Labute approximate surface area is 207 Å². The van der Waals surface area contributed by atoms with Crippen LogP contribution in [0.25, 0.3) is 0 Å². The van der Waals surface area contributed by atoms with Crippen molar-refractivity contribution in [2.45, 2.75) is 26.2 Å². The van der Waals surface area contributed by atoms with Crippen molar-refractivity contribution in [3.8, 4) is 11.5 Å². The van der Waals surface area contributed by atoms with Crippen LogP contribution in [-0.4, -0.2) is 96.8 Å². The number of carbonyl (C=O) groups excluding carboxylic acids is 1. The summed E-state index contributed by atoms with van der Waals surface area (Å²) >= 11 is 0. The molecule has 190 valence electrons. The number of benzene rings is 1. The summed E-state index contributed by atoms with van der Waals surface area (Å²) in [5.41, 5.74) is 0.831. The lowest BCUT2D eigenvalue weighted by Crippen LogP contribution is -2.49. The molecule has 35 heavy (non-hydrogen) atoms. The van der Waals surface area contributed by atoms with Crippen LogP contribution in [0, 0.1) is 0 Å². The summed E-state index contributed by atoms with van der Waals surface area (Å²) in [6, 6.07) is 7.58. The molecule has 1 aromatic carbocycles. The zero-order valence-electron chi connectivity index (χ0n) is 20.8. The number of nitrogens with one attached hydrogen (secondary N) is 2. The van der Waals surface area contributed by atoms with Crippen molar-refractivity contribution >= 4 is 23.4 Å². The number of nitrogens with zero attached hydrogens (tertiary/aromatic N) is 5. The molecule has 10 nitrogen and oxygen atoms in total. The van der Waals surface area contributed by atoms with Crippen LogP contribution in [0.15, 0.2) is 30.5 Å². The predicted molar refractivity (Wildman–Crippen MR) is 136 cm³/mol. The highest BCUT2D eigenvalue weighted by Crippen LogP contribution is 2.31. The largest absolute Gasteiger partial charge is 0.493 e. The third kappa shape index (κ3) is 7.43. The molecule has 0 aliphatic carbocycles. The first-order chi connectivity index (χ1) is 17.1. The van der Waals surface area contributed by atoms with E-state index < -0.39 is 0 Å². The van der Waals surface area contributed by atoms with Gasteiger partial charge < -0.3 is 29.9 Å². The normalized spacial score (nSPS) is 16.8. The van der Waals surface area contributed by atoms with Crippen LogP contribution < -0.4 is 20.1 Å². The number of hydrogen-bond donors (Lipinski definition) is 2. The molecule has 2 aliphatic rings. The van der Waals surface area contributed by atoms with Crippen LogP contribution in [0.5, 0.6) is 11.5 Å². The summed E-state index contributed by atoms with van der Waals surface area (Å²) in [4.78, 5) is 27.1. The molecule has 10 heteroatoms. The van der Waals surface area contributed by atoms with Crippen molar-refractivity contribution in [3.63, 3.8) is 0 Å². The van der Waals surface area contributed by atoms with Crippen LogP contribution in [0.2, 0.25) is 0 Å². The van der Waals surface area contributed by atoms with Crippen molar-refractivity contribution in [1.29, 1.82) is 0 Å². The van der Waals surface area contributed by atoms with Gasteiger partial charge in [0.05, 0.1) is 20.4 Å². The van der Waals surface area contributed by atoms with Crippen LogP contribution in [0.4, 0.5) is 17.5 Å². The molecule has 0 spiro atoms. The first-order valence-corrected chi connectivity index (χ1v) is 12.5. The molecule has 0 radical (unpaired) electrons. The van der Waals surface area contributed by atoms with Crippen molar-refractivity contribution in [1.82, 2.24) is 24.7 Å². The minimum Gasteiger partial charge on any atom is -0.493 e. The van der Waals surface area contributed by atoms with E-state index in [0.29, 0.717) is 30.7 Å². The molecule has 0 atom stereocenters. The number of rotatable bonds is 11. The first kappa shape index (κ1) is 25.0. The SMILES string of the molecule is COc1ccc(Nc2nccc(NCN3CCN(C(C)=O)CC3)n2)cc1OCCCN1CCCC1. The third-order valence-corrected chi connectivity index (χ3v) is 6.45. The Morgan fingerprint density at radius 3 is 2.57 bits per heavy atom. The fourth-order valence-electron chi connectivity index (χ4n) is 4.40. The van der Waals surface area contributed by atoms with Gasteiger partial charge in [-0.2, -0.15) is 4.98 Å². The summed E-state index contributed by atoms with van der Waals surface area (Å²) in [6.07, 6.45) is 5.32. The summed E-state index contributed by atoms with van der Waals surface area (Å²) in [5, 5.41) is 6.62. The van der Waals surface area contributed by atoms with Gasteiger partial charge in [0, 0.05) is 57.6 Å². The monoisotopic (exact) mass is 483 g/mol. The number of aromatic nitrogens is 2. The number of likely N-dealkylation sites (tertiary alicyclic amines) is 1. The van der Waals surface area contributed by atoms with E-state index >= 15 is 0 Å². The van der Waals surface area contributed by atoms with E-state index in [2.05, 4.69) is 30.4 Å². The molecule has 2 aliphatic heterocycles. The lowest BCUT2D eigenvalue weighted by molar-refractivity contribution is -0.130. The molecule has 2 saturated heterocycles. The second kappa shape index (κ2) is 12.6. The highest BCUT2D eigenvalue weighted by Gasteiger charge is 2.18. The fourth-order valence-corrected chi connectivity index (χ4v) is 4.40. The molecule has 1 aromatic heterocycles. The summed E-state index contributed by atoms with van der Waals surface area (Å²) in [5.74, 6) is 2.79. The number of hydrogen-bond acceptors (Lipinski definition) is 9. The molecule has 2 aromatic rings. The Hall–Kier alpha value is -3.11. The van der Waals surface area contributed by atoms with Crippen molar-refractivity contribution < 1.29 is 14.3 Å². The van der Waals surface area contributed by atoms with Crippen molar-refractivity contribution in [2.24, 2.45) is 0 Å². The fraction of sp³-hybridized carbons (Fsp3) is 0.560. The van der Waals surface area contributed by atoms with Crippen LogP contribution >= 0.6 is 0 Å². The number of piperazine rings is 1. The Kier molecular flexibility index (Phi) is 8.96. The molecule has 3 heterocycles. The van der Waals surface area contributed by atoms with Crippen LogP contribution in [0.1, 0.15) is 26.2 Å². The zero-order valence-corrected chi connectivity index (χ0v) is 20.8. The van der Waals surface area contributed by atoms with Gasteiger partial charge in [-0.15, -0.1) is 0 Å². The lowest BCUT2D eigenvalue weighted by Gasteiger charge is -2.34. The van der Waals surface area contributed by atoms with Gasteiger partial charge in [0.15, 0.2) is 11.5 Å². The average Bonchev–Trinajstić information content (AvgIpc) is 3.40. The lowest BCUT2D eigenvalue weighted by atomic mass is 10.2. The standard InChI is InChI=1S/C25H37N7O3/c1-20(33)32-15-13-31(14-16-32)19-27-24-8-9-26-25(29-24)28-21-6-7-22(34-2)23(18-21)35-17-5-12-30-10-3-4-11-30/h6-9,18H,3-5,10-17,19H2,1-2H3,(H2,26,27,28,29). The van der Waals surface area contributed by atoms with Gasteiger partial charge in [0.1, 0.15) is 5.82 Å². The summed E-state index contributed by atoms with van der Waals surface area (Å²) in [6.45, 7) is 9.61. The van der Waals surface area contributed by atoms with E-state index in [1.807, 2.05) is 29.2 Å². The average molecular weight is 484 g/mol. The topological polar surface area (TPSA) is 95.1 Å². The van der Waals surface area contributed by atoms with Gasteiger partial charge in [-0.3, -0.25) is 9.69 Å². The second-order valence-corrected chi connectivity index (χ2v) is 8.97. The number of amides is 1. The first-order valence-electron chi connectivity index (χ1n) is 12.5. The minimum absolute atomic E-state index is 0.137. The smallest absolute Gasteiger partial charge is 0.229 e. The van der Waals surface area contributed by atoms with Gasteiger partial charge in [-0.25, -0.2) is 4.98 Å². The molecular weight excluding hydrogens is 446 g/mol. The predicted octanol–water partition coefficient (Wildman–Crippen LogP) is 2.63. The molecule has 4 rings (SSSR count). The van der Waals surface area contributed by atoms with Crippen molar-refractivity contribution in [2.75, 3.05) is 76.8 Å². The number of methoxy groups -OCH3 is 1. The quantitative estimate of drug-likeness (QED) is 0.468. The molecule has 0 saturated carbocycles. The minimum atomic E-state index is 0.137. The highest BCUT2D eigenvalue weighted by atomic mass is 16.5. The summed E-state index contributed by atoms with van der Waals surface area (Å²) < 4.78 is 11.5. The maximum absolute atomic E-state index is 11.5. The highest BCUT2D eigenvalue weighted by molar-refractivity contribution is 5.73. The maximum Gasteiger partial charge on any atom is 0.229 e. The molecular formula is C25H37N7O3. The Balaban J connectivity index is 1.28. The number of ether oxygens (including phenoxy) is 2. The van der Waals surface area contributed by atoms with E-state index in [-0.39, 0.29) is 5.91 Å². The Morgan fingerprint density at radius 2 is 1.83 bits per heavy atom. The van der Waals surface area contributed by atoms with Crippen LogP contribution in [0.3, 0.4) is 0 Å². The Morgan fingerprint density at radius 1 is 1.03 bits per heavy atom. The number of carbonyl (C=O) groups is 1. The third-order valence-electron chi connectivity index (χ3n) is 6.45. The Bertz CT molecular complexity index is 960. The zero-order chi connectivity index (χ0) is 24.5. The summed E-state index contributed by atoms with van der Waals surface area (Å²) in [7, 11) is 1.65. The molecule has 2 N–H and O–H groups in total. The van der Waals surface area contributed by atoms with E-state index in [1.54, 1.807) is 20.2 Å². The van der Waals surface area contributed by atoms with E-state index in [0.717, 1.165) is 50.6 Å². The maximum atomic E-state index is 11.5. The van der Waals surface area contributed by atoms with Gasteiger partial charge in [0.25, 0.3) is 0 Å². The van der Waals surface area contributed by atoms with Gasteiger partial charge in [-0.05, 0) is 50.6 Å². The van der Waals surface area contributed by atoms with Crippen LogP contribution in [-0.2, 0) is 4.79 Å². The van der Waals surface area contributed by atoms with Gasteiger partial charge >= 0.3 is 0 Å². The molecule has 2 fully saturated rings. The molecule has 1 amide bonds.